The minimum Gasteiger partial charge on any atom is -0.482 e. The number of carbonyl (C=O) groups excluding carboxylic acids is 1. The van der Waals surface area contributed by atoms with E-state index in [4.69, 9.17) is 14.2 Å². The molecule has 0 bridgehead atoms. The number of aryl methyl sites for hydroxylation is 1. The lowest BCUT2D eigenvalue weighted by molar-refractivity contribution is -0.145. The number of benzene rings is 3. The summed E-state index contributed by atoms with van der Waals surface area (Å²) in [6.07, 6.45) is 0.713. The number of carbonyl (C=O) groups is 1. The molecule has 0 saturated carbocycles. The summed E-state index contributed by atoms with van der Waals surface area (Å²) >= 11 is 1.57. The van der Waals surface area contributed by atoms with Crippen LogP contribution in [0.2, 0.25) is 0 Å². The van der Waals surface area contributed by atoms with Gasteiger partial charge in [-0.3, -0.25) is 0 Å². The standard InChI is InChI=1S/C28H33NO6S2/c1-4-17-29(18-19-36-25-13-16-27(22(3)20-25)34-21-28(30)33-5-2)37(31,32)26-14-11-24(12-15-26)35-23-9-7-6-8-10-23/h6-16,20H,4-5,17-19,21H2,1-3H3. The Morgan fingerprint density at radius 2 is 1.62 bits per heavy atom. The van der Waals surface area contributed by atoms with Crippen molar-refractivity contribution >= 4 is 27.8 Å². The summed E-state index contributed by atoms with van der Waals surface area (Å²) < 4.78 is 44.4. The van der Waals surface area contributed by atoms with E-state index in [1.54, 1.807) is 43.0 Å². The number of ether oxygens (including phenoxy) is 3. The van der Waals surface area contributed by atoms with Gasteiger partial charge in [0.2, 0.25) is 10.0 Å². The first-order valence-electron chi connectivity index (χ1n) is 12.2. The van der Waals surface area contributed by atoms with Gasteiger partial charge in [-0.05, 0) is 80.4 Å². The summed E-state index contributed by atoms with van der Waals surface area (Å²) in [6.45, 7) is 6.61. The van der Waals surface area contributed by atoms with Crippen LogP contribution >= 0.6 is 11.8 Å². The first-order valence-corrected chi connectivity index (χ1v) is 14.6. The lowest BCUT2D eigenvalue weighted by Crippen LogP contribution is -2.33. The maximum Gasteiger partial charge on any atom is 0.344 e. The number of esters is 1. The number of rotatable bonds is 14. The number of thioether (sulfide) groups is 1. The van der Waals surface area contributed by atoms with Gasteiger partial charge in [0.05, 0.1) is 11.5 Å². The van der Waals surface area contributed by atoms with Gasteiger partial charge in [0.25, 0.3) is 0 Å². The summed E-state index contributed by atoms with van der Waals surface area (Å²) in [5.41, 5.74) is 0.894. The molecule has 3 aromatic carbocycles. The van der Waals surface area contributed by atoms with Crippen molar-refractivity contribution in [3.05, 3.63) is 78.4 Å². The predicted molar refractivity (Wildman–Crippen MR) is 146 cm³/mol. The summed E-state index contributed by atoms with van der Waals surface area (Å²) in [5, 5.41) is 0. The minimum absolute atomic E-state index is 0.135. The van der Waals surface area contributed by atoms with E-state index in [9.17, 15) is 13.2 Å². The Hall–Kier alpha value is -3.01. The molecule has 3 aromatic rings. The average Bonchev–Trinajstić information content (AvgIpc) is 2.89. The fourth-order valence-electron chi connectivity index (χ4n) is 3.53. The van der Waals surface area contributed by atoms with Gasteiger partial charge in [-0.1, -0.05) is 25.1 Å². The number of hydrogen-bond acceptors (Lipinski definition) is 7. The minimum atomic E-state index is -3.64. The average molecular weight is 544 g/mol. The van der Waals surface area contributed by atoms with E-state index in [-0.39, 0.29) is 11.5 Å². The van der Waals surface area contributed by atoms with Gasteiger partial charge in [0.1, 0.15) is 17.2 Å². The zero-order valence-corrected chi connectivity index (χ0v) is 23.0. The molecule has 0 N–H and O–H groups in total. The Balaban J connectivity index is 1.59. The maximum absolute atomic E-state index is 13.3. The van der Waals surface area contributed by atoms with Crippen molar-refractivity contribution in [3.8, 4) is 17.2 Å². The molecule has 37 heavy (non-hydrogen) atoms. The molecule has 7 nitrogen and oxygen atoms in total. The molecule has 0 amide bonds. The monoisotopic (exact) mass is 543 g/mol. The topological polar surface area (TPSA) is 82.1 Å². The van der Waals surface area contributed by atoms with Crippen LogP contribution in [-0.4, -0.2) is 50.7 Å². The van der Waals surface area contributed by atoms with Crippen LogP contribution in [0.3, 0.4) is 0 Å². The van der Waals surface area contributed by atoms with Crippen LogP contribution in [-0.2, 0) is 19.6 Å². The predicted octanol–water partition coefficient (Wildman–Crippen LogP) is 5.92. The fraction of sp³-hybridized carbons (Fsp3) is 0.321. The Bertz CT molecular complexity index is 1250. The summed E-state index contributed by atoms with van der Waals surface area (Å²) in [4.78, 5) is 12.8. The van der Waals surface area contributed by atoms with Gasteiger partial charge in [0, 0.05) is 23.7 Å². The highest BCUT2D eigenvalue weighted by atomic mass is 32.2. The molecule has 0 radical (unpaired) electrons. The van der Waals surface area contributed by atoms with Crippen molar-refractivity contribution in [1.82, 2.24) is 4.31 Å². The van der Waals surface area contributed by atoms with Crippen molar-refractivity contribution in [2.75, 3.05) is 32.1 Å². The lowest BCUT2D eigenvalue weighted by Gasteiger charge is -2.22. The van der Waals surface area contributed by atoms with Crippen LogP contribution in [0.4, 0.5) is 0 Å². The summed E-state index contributed by atoms with van der Waals surface area (Å²) in [6, 6.07) is 21.6. The fourth-order valence-corrected chi connectivity index (χ4v) is 6.15. The van der Waals surface area contributed by atoms with Gasteiger partial charge in [-0.15, -0.1) is 11.8 Å². The van der Waals surface area contributed by atoms with Gasteiger partial charge in [-0.2, -0.15) is 4.31 Å². The second-order valence-corrected chi connectivity index (χ2v) is 11.3. The molecule has 3 rings (SSSR count). The van der Waals surface area contributed by atoms with Crippen molar-refractivity contribution in [2.45, 2.75) is 37.0 Å². The number of nitrogens with zero attached hydrogens (tertiary/aromatic N) is 1. The van der Waals surface area contributed by atoms with Crippen LogP contribution in [0.15, 0.2) is 82.6 Å². The smallest absolute Gasteiger partial charge is 0.344 e. The number of sulfonamides is 1. The molecule has 198 valence electrons. The largest absolute Gasteiger partial charge is 0.482 e. The SMILES string of the molecule is CCCN(CCSc1ccc(OCC(=O)OCC)c(C)c1)S(=O)(=O)c1ccc(Oc2ccccc2)cc1. The molecule has 0 aromatic heterocycles. The first kappa shape index (κ1) is 28.6. The zero-order chi connectivity index (χ0) is 26.7. The second kappa shape index (κ2) is 14.1. The van der Waals surface area contributed by atoms with Gasteiger partial charge < -0.3 is 14.2 Å². The van der Waals surface area contributed by atoms with E-state index in [2.05, 4.69) is 0 Å². The Kier molecular flexibility index (Phi) is 10.9. The van der Waals surface area contributed by atoms with Crippen LogP contribution in [0, 0.1) is 6.92 Å². The normalized spacial score (nSPS) is 11.4. The van der Waals surface area contributed by atoms with Crippen molar-refractivity contribution in [3.63, 3.8) is 0 Å². The maximum atomic E-state index is 13.3. The van der Waals surface area contributed by atoms with Crippen LogP contribution in [0.25, 0.3) is 0 Å². The van der Waals surface area contributed by atoms with Crippen molar-refractivity contribution in [1.29, 1.82) is 0 Å². The van der Waals surface area contributed by atoms with Crippen molar-refractivity contribution in [2.24, 2.45) is 0 Å². The second-order valence-electron chi connectivity index (χ2n) is 8.16. The van der Waals surface area contributed by atoms with Crippen LogP contribution < -0.4 is 9.47 Å². The van der Waals surface area contributed by atoms with Gasteiger partial charge >= 0.3 is 5.97 Å². The van der Waals surface area contributed by atoms with E-state index >= 15 is 0 Å². The van der Waals surface area contributed by atoms with E-state index < -0.39 is 16.0 Å². The highest BCUT2D eigenvalue weighted by Gasteiger charge is 2.23. The van der Waals surface area contributed by atoms with Crippen LogP contribution in [0.1, 0.15) is 25.8 Å². The Morgan fingerprint density at radius 3 is 2.27 bits per heavy atom. The summed E-state index contributed by atoms with van der Waals surface area (Å²) in [5.74, 6) is 2.07. The van der Waals surface area contributed by atoms with Gasteiger partial charge in [-0.25, -0.2) is 13.2 Å². The third kappa shape index (κ3) is 8.52. The molecule has 0 aliphatic carbocycles. The molecule has 0 heterocycles. The van der Waals surface area contributed by atoms with E-state index in [1.165, 1.54) is 4.31 Å². The molecule has 0 atom stereocenters. The van der Waals surface area contributed by atoms with Crippen LogP contribution in [0.5, 0.6) is 17.2 Å². The summed E-state index contributed by atoms with van der Waals surface area (Å²) in [7, 11) is -3.64. The lowest BCUT2D eigenvalue weighted by atomic mass is 10.2. The third-order valence-corrected chi connectivity index (χ3v) is 8.21. The molecule has 0 aliphatic rings. The Morgan fingerprint density at radius 1 is 0.919 bits per heavy atom. The molecule has 0 spiro atoms. The molecule has 0 saturated heterocycles. The first-order chi connectivity index (χ1) is 17.8. The van der Waals surface area contributed by atoms with E-state index in [1.807, 2.05) is 62.4 Å². The van der Waals surface area contributed by atoms with E-state index in [0.717, 1.165) is 10.5 Å². The highest BCUT2D eigenvalue weighted by Crippen LogP contribution is 2.27. The molecule has 9 heteroatoms. The van der Waals surface area contributed by atoms with Gasteiger partial charge in [0.15, 0.2) is 6.61 Å². The Labute approximate surface area is 223 Å². The van der Waals surface area contributed by atoms with E-state index in [0.29, 0.717) is 49.1 Å². The zero-order valence-electron chi connectivity index (χ0n) is 21.4. The molecule has 0 unspecified atom stereocenters. The number of para-hydroxylation sites is 1. The molecule has 0 fully saturated rings. The third-order valence-electron chi connectivity index (χ3n) is 5.32. The highest BCUT2D eigenvalue weighted by molar-refractivity contribution is 7.99. The number of hydrogen-bond donors (Lipinski definition) is 0. The van der Waals surface area contributed by atoms with Crippen molar-refractivity contribution < 1.29 is 27.4 Å². The quantitative estimate of drug-likeness (QED) is 0.184. The molecule has 0 aliphatic heterocycles. The molecular weight excluding hydrogens is 510 g/mol. The molecular formula is C28H33NO6S2.